The highest BCUT2D eigenvalue weighted by molar-refractivity contribution is 5.98. The van der Waals surface area contributed by atoms with Crippen LogP contribution < -0.4 is 5.32 Å². The minimum atomic E-state index is -0.492. The van der Waals surface area contributed by atoms with Crippen LogP contribution in [0.2, 0.25) is 0 Å². The molecule has 0 bridgehead atoms. The topological polar surface area (TPSA) is 72.2 Å². The summed E-state index contributed by atoms with van der Waals surface area (Å²) in [6, 6.07) is 4.82. The minimum absolute atomic E-state index is 0.0105. The standard InChI is InChI=1S/C16H24N2O3/c1-11(2)7-5-9-13(4)17-16(19)14-10-6-8-12(3)15(14)18(20)21/h6,8,10-11,13H,5,7,9H2,1-4H3,(H,17,19). The van der Waals surface area contributed by atoms with E-state index in [-0.39, 0.29) is 23.2 Å². The summed E-state index contributed by atoms with van der Waals surface area (Å²) in [6.45, 7) is 7.90. The molecule has 0 radical (unpaired) electrons. The second-order valence-electron chi connectivity index (χ2n) is 5.93. The molecule has 1 rings (SSSR count). The van der Waals surface area contributed by atoms with Crippen molar-refractivity contribution in [1.82, 2.24) is 5.32 Å². The number of nitro benzene ring substituents is 1. The number of hydrogen-bond acceptors (Lipinski definition) is 3. The summed E-state index contributed by atoms with van der Waals surface area (Å²) in [7, 11) is 0. The summed E-state index contributed by atoms with van der Waals surface area (Å²) in [5, 5.41) is 14.0. The fourth-order valence-electron chi connectivity index (χ4n) is 2.29. The van der Waals surface area contributed by atoms with Crippen molar-refractivity contribution in [2.24, 2.45) is 5.92 Å². The first kappa shape index (κ1) is 17.1. The first-order valence-corrected chi connectivity index (χ1v) is 7.37. The van der Waals surface area contributed by atoms with E-state index in [0.29, 0.717) is 11.5 Å². The van der Waals surface area contributed by atoms with Crippen molar-refractivity contribution in [2.75, 3.05) is 0 Å². The first-order chi connectivity index (χ1) is 9.82. The van der Waals surface area contributed by atoms with Gasteiger partial charge in [0.05, 0.1) is 4.92 Å². The number of carbonyl (C=O) groups is 1. The molecule has 21 heavy (non-hydrogen) atoms. The molecule has 0 saturated carbocycles. The summed E-state index contributed by atoms with van der Waals surface area (Å²) in [5.41, 5.74) is 0.528. The van der Waals surface area contributed by atoms with E-state index in [1.54, 1.807) is 19.1 Å². The third kappa shape index (κ3) is 5.17. The third-order valence-corrected chi connectivity index (χ3v) is 3.46. The van der Waals surface area contributed by atoms with Crippen LogP contribution in [0.25, 0.3) is 0 Å². The highest BCUT2D eigenvalue weighted by atomic mass is 16.6. The highest BCUT2D eigenvalue weighted by Gasteiger charge is 2.23. The summed E-state index contributed by atoms with van der Waals surface area (Å²) in [4.78, 5) is 22.8. The van der Waals surface area contributed by atoms with Crippen LogP contribution >= 0.6 is 0 Å². The average molecular weight is 292 g/mol. The zero-order valence-corrected chi connectivity index (χ0v) is 13.2. The predicted molar refractivity (Wildman–Crippen MR) is 83.5 cm³/mol. The van der Waals surface area contributed by atoms with Crippen molar-refractivity contribution in [2.45, 2.75) is 53.0 Å². The van der Waals surface area contributed by atoms with Gasteiger partial charge < -0.3 is 5.32 Å². The maximum Gasteiger partial charge on any atom is 0.285 e. The number of nitrogens with one attached hydrogen (secondary N) is 1. The van der Waals surface area contributed by atoms with E-state index >= 15 is 0 Å². The van der Waals surface area contributed by atoms with E-state index in [4.69, 9.17) is 0 Å². The van der Waals surface area contributed by atoms with Gasteiger partial charge in [0.15, 0.2) is 0 Å². The Morgan fingerprint density at radius 2 is 1.95 bits per heavy atom. The summed E-state index contributed by atoms with van der Waals surface area (Å²) < 4.78 is 0. The molecule has 0 aliphatic carbocycles. The van der Waals surface area contributed by atoms with Crippen LogP contribution in [-0.4, -0.2) is 16.9 Å². The summed E-state index contributed by atoms with van der Waals surface area (Å²) >= 11 is 0. The Morgan fingerprint density at radius 3 is 2.52 bits per heavy atom. The highest BCUT2D eigenvalue weighted by Crippen LogP contribution is 2.23. The number of benzene rings is 1. The Labute approximate surface area is 125 Å². The normalized spacial score (nSPS) is 12.2. The number of carbonyl (C=O) groups excluding carboxylic acids is 1. The van der Waals surface area contributed by atoms with Crippen LogP contribution in [0.4, 0.5) is 5.69 Å². The van der Waals surface area contributed by atoms with Gasteiger partial charge in [-0.15, -0.1) is 0 Å². The molecule has 116 valence electrons. The molecule has 5 heteroatoms. The largest absolute Gasteiger partial charge is 0.349 e. The summed E-state index contributed by atoms with van der Waals surface area (Å²) in [6.07, 6.45) is 3.03. The Hall–Kier alpha value is -1.91. The number of rotatable bonds is 7. The molecule has 0 saturated heterocycles. The molecule has 1 amide bonds. The zero-order valence-electron chi connectivity index (χ0n) is 13.2. The molecule has 1 N–H and O–H groups in total. The fraction of sp³-hybridized carbons (Fsp3) is 0.562. The van der Waals surface area contributed by atoms with Crippen LogP contribution in [0.1, 0.15) is 56.0 Å². The number of para-hydroxylation sites is 1. The Kier molecular flexibility index (Phi) is 6.34. The van der Waals surface area contributed by atoms with Crippen LogP contribution in [-0.2, 0) is 0 Å². The van der Waals surface area contributed by atoms with E-state index < -0.39 is 4.92 Å². The molecule has 1 unspecified atom stereocenters. The lowest BCUT2D eigenvalue weighted by Gasteiger charge is -2.15. The zero-order chi connectivity index (χ0) is 16.0. The monoisotopic (exact) mass is 292 g/mol. The molecule has 0 aliphatic rings. The first-order valence-electron chi connectivity index (χ1n) is 7.37. The van der Waals surface area contributed by atoms with Crippen molar-refractivity contribution >= 4 is 11.6 Å². The van der Waals surface area contributed by atoms with Crippen LogP contribution in [0, 0.1) is 23.0 Å². The van der Waals surface area contributed by atoms with Gasteiger partial charge in [-0.2, -0.15) is 0 Å². The predicted octanol–water partition coefficient (Wildman–Crippen LogP) is 3.85. The van der Waals surface area contributed by atoms with Crippen molar-refractivity contribution in [3.05, 3.63) is 39.4 Å². The lowest BCUT2D eigenvalue weighted by Crippen LogP contribution is -2.33. The van der Waals surface area contributed by atoms with Gasteiger partial charge in [0, 0.05) is 11.6 Å². The van der Waals surface area contributed by atoms with Crippen molar-refractivity contribution in [3.8, 4) is 0 Å². The van der Waals surface area contributed by atoms with Crippen molar-refractivity contribution in [1.29, 1.82) is 0 Å². The molecule has 5 nitrogen and oxygen atoms in total. The molecule has 0 heterocycles. The van der Waals surface area contributed by atoms with Gasteiger partial charge in [-0.1, -0.05) is 38.8 Å². The van der Waals surface area contributed by atoms with Crippen LogP contribution in [0.15, 0.2) is 18.2 Å². The van der Waals surface area contributed by atoms with Crippen LogP contribution in [0.5, 0.6) is 0 Å². The minimum Gasteiger partial charge on any atom is -0.349 e. The average Bonchev–Trinajstić information content (AvgIpc) is 2.37. The van der Waals surface area contributed by atoms with E-state index in [1.807, 2.05) is 6.92 Å². The van der Waals surface area contributed by atoms with E-state index in [0.717, 1.165) is 19.3 Å². The van der Waals surface area contributed by atoms with Gasteiger partial charge in [-0.05, 0) is 32.3 Å². The number of hydrogen-bond donors (Lipinski definition) is 1. The maximum atomic E-state index is 12.2. The third-order valence-electron chi connectivity index (χ3n) is 3.46. The number of nitrogens with zero attached hydrogens (tertiary/aromatic N) is 1. The lowest BCUT2D eigenvalue weighted by atomic mass is 10.0. The molecule has 1 aromatic rings. The maximum absolute atomic E-state index is 12.2. The van der Waals surface area contributed by atoms with Crippen LogP contribution in [0.3, 0.4) is 0 Å². The lowest BCUT2D eigenvalue weighted by molar-refractivity contribution is -0.385. The summed E-state index contributed by atoms with van der Waals surface area (Å²) in [5.74, 6) is 0.271. The van der Waals surface area contributed by atoms with Gasteiger partial charge in [-0.25, -0.2) is 0 Å². The SMILES string of the molecule is Cc1cccc(C(=O)NC(C)CCCC(C)C)c1[N+](=O)[O-]. The molecule has 0 spiro atoms. The second-order valence-corrected chi connectivity index (χ2v) is 5.93. The molecule has 0 aliphatic heterocycles. The molecule has 0 fully saturated rings. The Balaban J connectivity index is 2.72. The van der Waals surface area contributed by atoms with Gasteiger partial charge in [-0.3, -0.25) is 14.9 Å². The van der Waals surface area contributed by atoms with E-state index in [1.165, 1.54) is 6.07 Å². The quantitative estimate of drug-likeness (QED) is 0.613. The smallest absolute Gasteiger partial charge is 0.285 e. The van der Waals surface area contributed by atoms with E-state index in [9.17, 15) is 14.9 Å². The number of nitro groups is 1. The molecule has 1 atom stereocenters. The van der Waals surface area contributed by atoms with Gasteiger partial charge >= 0.3 is 0 Å². The molecule has 0 aromatic heterocycles. The van der Waals surface area contributed by atoms with Crippen molar-refractivity contribution in [3.63, 3.8) is 0 Å². The van der Waals surface area contributed by atoms with Crippen molar-refractivity contribution < 1.29 is 9.72 Å². The fourth-order valence-corrected chi connectivity index (χ4v) is 2.29. The Bertz CT molecular complexity index is 512. The van der Waals surface area contributed by atoms with E-state index in [2.05, 4.69) is 19.2 Å². The Morgan fingerprint density at radius 1 is 1.29 bits per heavy atom. The second kappa shape index (κ2) is 7.76. The molecule has 1 aromatic carbocycles. The van der Waals surface area contributed by atoms with Gasteiger partial charge in [0.2, 0.25) is 0 Å². The van der Waals surface area contributed by atoms with Gasteiger partial charge in [0.25, 0.3) is 11.6 Å². The van der Waals surface area contributed by atoms with Gasteiger partial charge in [0.1, 0.15) is 5.56 Å². The molecular formula is C16H24N2O3. The molecular weight excluding hydrogens is 268 g/mol. The number of amides is 1. The number of aryl methyl sites for hydroxylation is 1.